The van der Waals surface area contributed by atoms with Crippen LogP contribution in [0, 0.1) is 0 Å². The van der Waals surface area contributed by atoms with E-state index >= 15 is 0 Å². The lowest BCUT2D eigenvalue weighted by Crippen LogP contribution is -2.42. The zero-order valence-electron chi connectivity index (χ0n) is 23.1. The number of ether oxygens (including phenoxy) is 1. The van der Waals surface area contributed by atoms with Crippen molar-refractivity contribution in [1.82, 2.24) is 5.32 Å². The van der Waals surface area contributed by atoms with Crippen LogP contribution in [0.5, 0.6) is 0 Å². The third-order valence-corrected chi connectivity index (χ3v) is 4.53. The molecular formula is C24H21NO4. The van der Waals surface area contributed by atoms with Crippen LogP contribution in [-0.2, 0) is 15.9 Å². The molecule has 1 amide bonds. The van der Waals surface area contributed by atoms with Gasteiger partial charge in [0.15, 0.2) is 0 Å². The number of amides is 1. The number of hydrogen-bond acceptors (Lipinski definition) is 3. The highest BCUT2D eigenvalue weighted by molar-refractivity contribution is 5.81. The normalized spacial score (nSPS) is 18.8. The topological polar surface area (TPSA) is 75.6 Å². The summed E-state index contributed by atoms with van der Waals surface area (Å²) in [5.41, 5.74) is 2.58. The third-order valence-electron chi connectivity index (χ3n) is 4.53. The number of carbonyl (C=O) groups excluding carboxylic acids is 1. The minimum absolute atomic E-state index is 0.243. The largest absolute Gasteiger partial charge is 0.480 e. The minimum atomic E-state index is -3.50. The van der Waals surface area contributed by atoms with Crippen LogP contribution in [0.1, 0.15) is 33.6 Å². The Morgan fingerprint density at radius 2 is 1.66 bits per heavy atom. The Hall–Kier alpha value is -3.60. The number of hydrogen-bond donors (Lipinski definition) is 2. The second kappa shape index (κ2) is 8.19. The van der Waals surface area contributed by atoms with Crippen LogP contribution < -0.4 is 5.32 Å². The molecule has 0 aromatic heterocycles. The van der Waals surface area contributed by atoms with E-state index in [4.69, 9.17) is 15.7 Å². The summed E-state index contributed by atoms with van der Waals surface area (Å²) in [7, 11) is 0. The first-order chi connectivity index (χ1) is 17.3. The maximum atomic E-state index is 12.7. The van der Waals surface area contributed by atoms with Crippen molar-refractivity contribution in [1.29, 1.82) is 0 Å². The van der Waals surface area contributed by atoms with E-state index in [1.807, 2.05) is 48.5 Å². The molecule has 1 atom stereocenters. The van der Waals surface area contributed by atoms with Crippen LogP contribution in [0.25, 0.3) is 11.1 Å². The first-order valence-corrected chi connectivity index (χ1v) is 8.76. The summed E-state index contributed by atoms with van der Waals surface area (Å²) in [6.07, 6.45) is -4.88. The van der Waals surface area contributed by atoms with E-state index in [9.17, 15) is 14.7 Å². The van der Waals surface area contributed by atoms with Crippen molar-refractivity contribution < 1.29 is 30.4 Å². The Morgan fingerprint density at radius 3 is 2.24 bits per heavy atom. The predicted molar refractivity (Wildman–Crippen MR) is 110 cm³/mol. The number of benzene rings is 3. The molecule has 0 heterocycles. The molecule has 4 rings (SSSR count). The van der Waals surface area contributed by atoms with Crippen molar-refractivity contribution >= 4 is 12.1 Å². The van der Waals surface area contributed by atoms with Gasteiger partial charge in [0.25, 0.3) is 0 Å². The lowest BCUT2D eigenvalue weighted by molar-refractivity contribution is -0.139. The van der Waals surface area contributed by atoms with Crippen LogP contribution in [0.15, 0.2) is 78.7 Å². The molecule has 5 nitrogen and oxygen atoms in total. The molecule has 2 N–H and O–H groups in total. The van der Waals surface area contributed by atoms with Gasteiger partial charge in [-0.05, 0) is 27.8 Å². The molecule has 0 bridgehead atoms. The van der Waals surface area contributed by atoms with Crippen molar-refractivity contribution in [3.8, 4) is 11.1 Å². The number of carboxylic acid groups (broad SMARTS) is 1. The van der Waals surface area contributed by atoms with Gasteiger partial charge in [0.1, 0.15) is 12.6 Å². The van der Waals surface area contributed by atoms with Crippen molar-refractivity contribution in [2.24, 2.45) is 0 Å². The molecule has 29 heavy (non-hydrogen) atoms. The van der Waals surface area contributed by atoms with Gasteiger partial charge in [-0.25, -0.2) is 9.59 Å². The van der Waals surface area contributed by atoms with E-state index in [1.165, 1.54) is 0 Å². The van der Waals surface area contributed by atoms with Gasteiger partial charge in [0.05, 0.1) is 8.22 Å². The zero-order valence-corrected chi connectivity index (χ0v) is 15.1. The second-order valence-electron chi connectivity index (χ2n) is 6.26. The zero-order chi connectivity index (χ0) is 27.3. The molecule has 5 heteroatoms. The molecule has 146 valence electrons. The highest BCUT2D eigenvalue weighted by Crippen LogP contribution is 2.44. The highest BCUT2D eigenvalue weighted by atomic mass is 16.5. The molecule has 0 spiro atoms. The van der Waals surface area contributed by atoms with Crippen LogP contribution >= 0.6 is 0 Å². The summed E-state index contributed by atoms with van der Waals surface area (Å²) in [6, 6.07) is 6.78. The van der Waals surface area contributed by atoms with Gasteiger partial charge < -0.3 is 15.2 Å². The van der Waals surface area contributed by atoms with Gasteiger partial charge in [-0.15, -0.1) is 0 Å². The standard InChI is InChI=1S/C24H21NO4/c26-23(27)22(14-16-8-2-1-3-9-16)25-24(28)29-15-21-19-12-6-4-10-17(19)18-11-5-7-13-20(18)21/h1-13,21-22H,14-15H2,(H,25,28)(H,26,27)/t22-/m1/s1/i1D,2D,3D,8D,9D,14D2,22D. The molecule has 0 unspecified atom stereocenters. The smallest absolute Gasteiger partial charge is 0.407 e. The Kier molecular flexibility index (Phi) is 3.22. The molecular weight excluding hydrogens is 366 g/mol. The molecule has 1 aliphatic carbocycles. The minimum Gasteiger partial charge on any atom is -0.480 e. The number of carboxylic acids is 1. The summed E-state index contributed by atoms with van der Waals surface area (Å²) in [6.45, 7) is -0.243. The first kappa shape index (κ1) is 11.4. The van der Waals surface area contributed by atoms with E-state index in [-0.39, 0.29) is 12.5 Å². The molecule has 3 aromatic rings. The summed E-state index contributed by atoms with van der Waals surface area (Å²) in [5.74, 6) is -2.54. The fourth-order valence-corrected chi connectivity index (χ4v) is 3.31. The molecule has 0 saturated carbocycles. The fraction of sp³-hybridized carbons (Fsp3) is 0.167. The van der Waals surface area contributed by atoms with Gasteiger partial charge in [-0.2, -0.15) is 0 Å². The molecule has 0 saturated heterocycles. The Bertz CT molecular complexity index is 1360. The van der Waals surface area contributed by atoms with E-state index < -0.39 is 60.2 Å². The Labute approximate surface area is 180 Å². The van der Waals surface area contributed by atoms with Gasteiger partial charge >= 0.3 is 12.1 Å². The van der Waals surface area contributed by atoms with Gasteiger partial charge in [0.2, 0.25) is 0 Å². The SMILES string of the molecule is [2H]c1c([2H])c([2H])c(C([2H])([2H])[C@@]([2H])(NC(=O)OCC2c3ccccc3-c3ccccc32)C(=O)O)c([2H])c1[2H]. The van der Waals surface area contributed by atoms with E-state index in [0.29, 0.717) is 0 Å². The van der Waals surface area contributed by atoms with Gasteiger partial charge in [-0.1, -0.05) is 78.7 Å². The molecule has 0 aliphatic heterocycles. The third kappa shape index (κ3) is 3.99. The van der Waals surface area contributed by atoms with Crippen molar-refractivity contribution in [3.05, 3.63) is 95.4 Å². The average molecular weight is 395 g/mol. The summed E-state index contributed by atoms with van der Waals surface area (Å²) < 4.78 is 69.4. The lowest BCUT2D eigenvalue weighted by Gasteiger charge is -2.17. The quantitative estimate of drug-likeness (QED) is 0.655. The van der Waals surface area contributed by atoms with E-state index in [2.05, 4.69) is 0 Å². The van der Waals surface area contributed by atoms with Crippen molar-refractivity contribution in [2.45, 2.75) is 18.3 Å². The van der Waals surface area contributed by atoms with Crippen molar-refractivity contribution in [2.75, 3.05) is 6.61 Å². The van der Waals surface area contributed by atoms with Crippen LogP contribution in [0.3, 0.4) is 0 Å². The fourth-order valence-electron chi connectivity index (χ4n) is 3.31. The molecule has 0 radical (unpaired) electrons. The first-order valence-electron chi connectivity index (χ1n) is 12.8. The van der Waals surface area contributed by atoms with Crippen molar-refractivity contribution in [3.63, 3.8) is 0 Å². The highest BCUT2D eigenvalue weighted by Gasteiger charge is 2.29. The van der Waals surface area contributed by atoms with E-state index in [1.54, 1.807) is 5.32 Å². The van der Waals surface area contributed by atoms with Crippen LogP contribution in [-0.4, -0.2) is 29.8 Å². The number of rotatable bonds is 6. The molecule has 1 aliphatic rings. The predicted octanol–water partition coefficient (Wildman–Crippen LogP) is 4.22. The number of alkyl carbamates (subject to hydrolysis) is 1. The van der Waals surface area contributed by atoms with Crippen LogP contribution in [0.2, 0.25) is 0 Å². The number of fused-ring (bicyclic) bond motifs is 3. The summed E-state index contributed by atoms with van der Waals surface area (Å²) >= 11 is 0. The van der Waals surface area contributed by atoms with Crippen LogP contribution in [0.4, 0.5) is 4.79 Å². The number of nitrogens with one attached hydrogen (secondary N) is 1. The lowest BCUT2D eigenvalue weighted by atomic mass is 9.98. The Balaban J connectivity index is 1.62. The summed E-state index contributed by atoms with van der Waals surface area (Å²) in [4.78, 5) is 24.8. The molecule has 0 fully saturated rings. The maximum absolute atomic E-state index is 12.7. The summed E-state index contributed by atoms with van der Waals surface area (Å²) in [5, 5.41) is 11.4. The number of aliphatic carboxylic acids is 1. The number of carbonyl (C=O) groups is 2. The average Bonchev–Trinajstić information content (AvgIpc) is 3.18. The molecule has 3 aromatic carbocycles. The van der Waals surface area contributed by atoms with E-state index in [0.717, 1.165) is 22.3 Å². The van der Waals surface area contributed by atoms with Gasteiger partial charge in [0, 0.05) is 15.0 Å². The Morgan fingerprint density at radius 1 is 1.07 bits per heavy atom. The second-order valence-corrected chi connectivity index (χ2v) is 6.26. The van der Waals surface area contributed by atoms with Gasteiger partial charge in [-0.3, -0.25) is 0 Å². The maximum Gasteiger partial charge on any atom is 0.407 e. The monoisotopic (exact) mass is 395 g/mol.